The van der Waals surface area contributed by atoms with E-state index >= 15 is 0 Å². The van der Waals surface area contributed by atoms with Crippen LogP contribution >= 0.6 is 0 Å². The van der Waals surface area contributed by atoms with Gasteiger partial charge in [-0.25, -0.2) is 4.79 Å². The summed E-state index contributed by atoms with van der Waals surface area (Å²) in [4.78, 5) is 48.6. The minimum atomic E-state index is -1.17. The van der Waals surface area contributed by atoms with Crippen LogP contribution in [0.25, 0.3) is 11.1 Å². The number of likely N-dealkylation sites (N-methyl/N-ethyl adjacent to an activating group) is 1. The summed E-state index contributed by atoms with van der Waals surface area (Å²) in [5, 5.41) is 10.9. The van der Waals surface area contributed by atoms with Gasteiger partial charge >= 0.3 is 11.7 Å². The molecule has 1 atom stereocenters. The number of ether oxygens (including phenoxy) is 1. The molecule has 10 heteroatoms. The number of amides is 1. The lowest BCUT2D eigenvalue weighted by atomic mass is 10.1. The van der Waals surface area contributed by atoms with Crippen LogP contribution in [0.15, 0.2) is 57.7 Å². The predicted molar refractivity (Wildman–Crippen MR) is 101 cm³/mol. The van der Waals surface area contributed by atoms with Crippen molar-refractivity contribution < 1.29 is 23.7 Å². The number of oxazole rings is 1. The third-order valence-corrected chi connectivity index (χ3v) is 4.17. The summed E-state index contributed by atoms with van der Waals surface area (Å²) in [5.41, 5.74) is 0.412. The summed E-state index contributed by atoms with van der Waals surface area (Å²) in [6.07, 6.45) is -1.17. The Balaban J connectivity index is 1.87. The number of esters is 1. The average Bonchev–Trinajstić information content (AvgIpc) is 3.00. The van der Waals surface area contributed by atoms with Crippen molar-refractivity contribution in [3.8, 4) is 0 Å². The Kier molecular flexibility index (Phi) is 5.44. The maximum Gasteiger partial charge on any atom is 0.420 e. The Morgan fingerprint density at radius 2 is 1.90 bits per heavy atom. The fourth-order valence-corrected chi connectivity index (χ4v) is 2.74. The third kappa shape index (κ3) is 4.15. The number of nitrogens with zero attached hydrogens (tertiary/aromatic N) is 3. The highest BCUT2D eigenvalue weighted by Crippen LogP contribution is 2.22. The molecule has 0 saturated heterocycles. The molecule has 150 valence electrons. The van der Waals surface area contributed by atoms with Crippen LogP contribution in [0.4, 0.5) is 5.69 Å². The number of hydrogen-bond donors (Lipinski definition) is 0. The molecule has 29 heavy (non-hydrogen) atoms. The molecule has 0 spiro atoms. The normalized spacial score (nSPS) is 11.8. The number of carbonyl (C=O) groups is 2. The number of nitro benzene ring substituents is 1. The lowest BCUT2D eigenvalue weighted by Crippen LogP contribution is -2.32. The molecule has 0 aliphatic rings. The maximum absolute atomic E-state index is 12.5. The highest BCUT2D eigenvalue weighted by atomic mass is 16.6. The van der Waals surface area contributed by atoms with Gasteiger partial charge in [0.05, 0.1) is 16.5 Å². The van der Waals surface area contributed by atoms with E-state index < -0.39 is 35.2 Å². The zero-order chi connectivity index (χ0) is 21.1. The van der Waals surface area contributed by atoms with E-state index in [1.54, 1.807) is 30.3 Å². The molecule has 0 N–H and O–H groups in total. The van der Waals surface area contributed by atoms with Crippen molar-refractivity contribution in [3.05, 3.63) is 74.8 Å². The second kappa shape index (κ2) is 7.97. The van der Waals surface area contributed by atoms with Crippen LogP contribution < -0.4 is 5.76 Å². The molecule has 3 aromatic rings. The predicted octanol–water partition coefficient (Wildman–Crippen LogP) is 1.88. The summed E-state index contributed by atoms with van der Waals surface area (Å²) in [7, 11) is 3.07. The Morgan fingerprint density at radius 3 is 2.52 bits per heavy atom. The number of non-ortho nitro benzene ring substituents is 1. The third-order valence-electron chi connectivity index (χ3n) is 4.17. The minimum Gasteiger partial charge on any atom is -0.446 e. The second-order valence-electron chi connectivity index (χ2n) is 6.38. The topological polar surface area (TPSA) is 125 Å². The molecule has 0 fully saturated rings. The van der Waals surface area contributed by atoms with Crippen LogP contribution in [-0.4, -0.2) is 40.4 Å². The molecule has 0 saturated carbocycles. The lowest BCUT2D eigenvalue weighted by Gasteiger charge is -2.21. The van der Waals surface area contributed by atoms with Crippen molar-refractivity contribution in [2.45, 2.75) is 12.6 Å². The van der Waals surface area contributed by atoms with E-state index in [1.165, 1.54) is 31.1 Å². The number of nitro groups is 1. The number of carbonyl (C=O) groups excluding carboxylic acids is 2. The molecule has 0 unspecified atom stereocenters. The Morgan fingerprint density at radius 1 is 1.21 bits per heavy atom. The first-order valence-corrected chi connectivity index (χ1v) is 8.51. The number of hydrogen-bond acceptors (Lipinski definition) is 7. The van der Waals surface area contributed by atoms with Gasteiger partial charge in [-0.3, -0.25) is 24.3 Å². The smallest absolute Gasteiger partial charge is 0.420 e. The van der Waals surface area contributed by atoms with Gasteiger partial charge in [0.2, 0.25) is 6.10 Å². The van der Waals surface area contributed by atoms with E-state index in [2.05, 4.69) is 0 Å². The molecule has 10 nitrogen and oxygen atoms in total. The van der Waals surface area contributed by atoms with E-state index in [0.717, 1.165) is 10.6 Å². The highest BCUT2D eigenvalue weighted by Gasteiger charge is 2.27. The van der Waals surface area contributed by atoms with Crippen LogP contribution in [0.5, 0.6) is 0 Å². The number of rotatable bonds is 6. The van der Waals surface area contributed by atoms with E-state index in [-0.39, 0.29) is 16.8 Å². The number of fused-ring (bicyclic) bond motifs is 1. The summed E-state index contributed by atoms with van der Waals surface area (Å²) >= 11 is 0. The molecule has 0 radical (unpaired) electrons. The number of benzene rings is 2. The van der Waals surface area contributed by atoms with Crippen LogP contribution in [0.1, 0.15) is 11.7 Å². The van der Waals surface area contributed by atoms with Gasteiger partial charge in [0.1, 0.15) is 6.54 Å². The quantitative estimate of drug-likeness (QED) is 0.352. The van der Waals surface area contributed by atoms with Crippen molar-refractivity contribution >= 4 is 28.7 Å². The van der Waals surface area contributed by atoms with Crippen molar-refractivity contribution in [2.75, 3.05) is 14.1 Å². The van der Waals surface area contributed by atoms with Gasteiger partial charge in [-0.1, -0.05) is 30.3 Å². The Bertz CT molecular complexity index is 1130. The monoisotopic (exact) mass is 399 g/mol. The second-order valence-corrected chi connectivity index (χ2v) is 6.38. The molecule has 3 rings (SSSR count). The van der Waals surface area contributed by atoms with Crippen LogP contribution in [0.3, 0.4) is 0 Å². The standard InChI is InChI=1S/C19H17N3O7/c1-20(2)18(24)17(12-6-4-3-5-7-12)29-16(23)11-21-14-9-8-13(22(26)27)10-15(14)28-19(21)25/h3-10,17H,11H2,1-2H3/t17-/m0/s1. The molecule has 2 aromatic carbocycles. The summed E-state index contributed by atoms with van der Waals surface area (Å²) in [5.74, 6) is -2.14. The maximum atomic E-state index is 12.5. The summed E-state index contributed by atoms with van der Waals surface area (Å²) in [6, 6.07) is 12.1. The first-order chi connectivity index (χ1) is 13.8. The molecule has 0 aliphatic heterocycles. The Labute approximate surface area is 164 Å². The van der Waals surface area contributed by atoms with Gasteiger partial charge in [0.15, 0.2) is 5.58 Å². The van der Waals surface area contributed by atoms with Gasteiger partial charge in [-0.15, -0.1) is 0 Å². The van der Waals surface area contributed by atoms with Gasteiger partial charge in [-0.05, 0) is 6.07 Å². The molecule has 1 aromatic heterocycles. The van der Waals surface area contributed by atoms with Crippen molar-refractivity contribution in [1.82, 2.24) is 9.47 Å². The summed E-state index contributed by atoms with van der Waals surface area (Å²) < 4.78 is 11.3. The van der Waals surface area contributed by atoms with Crippen LogP contribution in [0, 0.1) is 10.1 Å². The van der Waals surface area contributed by atoms with Gasteiger partial charge in [-0.2, -0.15) is 0 Å². The number of aromatic nitrogens is 1. The lowest BCUT2D eigenvalue weighted by molar-refractivity contribution is -0.384. The van der Waals surface area contributed by atoms with Gasteiger partial charge in [0, 0.05) is 25.7 Å². The fourth-order valence-electron chi connectivity index (χ4n) is 2.74. The van der Waals surface area contributed by atoms with Crippen molar-refractivity contribution in [3.63, 3.8) is 0 Å². The molecule has 1 amide bonds. The molecular formula is C19H17N3O7. The highest BCUT2D eigenvalue weighted by molar-refractivity contribution is 5.85. The minimum absolute atomic E-state index is 0.0269. The van der Waals surface area contributed by atoms with E-state index in [4.69, 9.17) is 9.15 Å². The fraction of sp³-hybridized carbons (Fsp3) is 0.211. The molecular weight excluding hydrogens is 382 g/mol. The molecule has 0 aliphatic carbocycles. The average molecular weight is 399 g/mol. The zero-order valence-corrected chi connectivity index (χ0v) is 15.6. The van der Waals surface area contributed by atoms with Crippen LogP contribution in [-0.2, 0) is 20.9 Å². The van der Waals surface area contributed by atoms with Crippen LogP contribution in [0.2, 0.25) is 0 Å². The SMILES string of the molecule is CN(C)C(=O)[C@@H](OC(=O)Cn1c(=O)oc2cc([N+](=O)[O-])ccc21)c1ccccc1. The summed E-state index contributed by atoms with van der Waals surface area (Å²) in [6.45, 7) is -0.520. The molecule has 1 heterocycles. The van der Waals surface area contributed by atoms with Crippen molar-refractivity contribution in [1.29, 1.82) is 0 Å². The zero-order valence-electron chi connectivity index (χ0n) is 15.6. The van der Waals surface area contributed by atoms with Gasteiger partial charge < -0.3 is 14.1 Å². The van der Waals surface area contributed by atoms with E-state index in [0.29, 0.717) is 5.56 Å². The molecule has 0 bridgehead atoms. The first kappa shape index (κ1) is 19.8. The van der Waals surface area contributed by atoms with E-state index in [1.807, 2.05) is 0 Å². The first-order valence-electron chi connectivity index (χ1n) is 8.51. The van der Waals surface area contributed by atoms with Gasteiger partial charge in [0.25, 0.3) is 11.6 Å². The largest absolute Gasteiger partial charge is 0.446 e. The van der Waals surface area contributed by atoms with Crippen molar-refractivity contribution in [2.24, 2.45) is 0 Å². The Hall–Kier alpha value is -3.95. The van der Waals surface area contributed by atoms with E-state index in [9.17, 15) is 24.5 Å².